The summed E-state index contributed by atoms with van der Waals surface area (Å²) in [6, 6.07) is 8.95. The first-order chi connectivity index (χ1) is 9.59. The average Bonchev–Trinajstić information content (AvgIpc) is 3.08. The van der Waals surface area contributed by atoms with Crippen molar-refractivity contribution in [3.63, 3.8) is 0 Å². The van der Waals surface area contributed by atoms with Gasteiger partial charge in [-0.25, -0.2) is 0 Å². The number of nitrogens with zero attached hydrogens (tertiary/aromatic N) is 2. The molecular weight excluding hydrogens is 280 g/mol. The third-order valence-electron chi connectivity index (χ3n) is 5.25. The number of allylic oxidation sites excluding steroid dienone is 1. The van der Waals surface area contributed by atoms with Crippen molar-refractivity contribution in [3.8, 4) is 0 Å². The lowest BCUT2D eigenvalue weighted by molar-refractivity contribution is 0.313. The van der Waals surface area contributed by atoms with Crippen molar-refractivity contribution in [1.29, 1.82) is 0 Å². The van der Waals surface area contributed by atoms with Crippen LogP contribution < -0.4 is 4.90 Å². The smallest absolute Gasteiger partial charge is 0.0452 e. The molecule has 1 fully saturated rings. The van der Waals surface area contributed by atoms with Gasteiger partial charge in [-0.1, -0.05) is 39.0 Å². The first-order valence-electron chi connectivity index (χ1n) is 7.96. The van der Waals surface area contributed by atoms with Gasteiger partial charge in [0, 0.05) is 48.0 Å². The maximum Gasteiger partial charge on any atom is 0.0452 e. The first kappa shape index (κ1) is 14.8. The van der Waals surface area contributed by atoms with E-state index in [1.807, 2.05) is 0 Å². The fourth-order valence-corrected chi connectivity index (χ4v) is 4.46. The molecule has 0 saturated carbocycles. The molecule has 0 aliphatic carbocycles. The van der Waals surface area contributed by atoms with Gasteiger partial charge < -0.3 is 9.80 Å². The number of hydrogen-bond donors (Lipinski definition) is 0. The molecule has 0 N–H and O–H groups in total. The van der Waals surface area contributed by atoms with Crippen LogP contribution in [0.4, 0.5) is 5.69 Å². The highest BCUT2D eigenvalue weighted by atomic mass is 35.5. The van der Waals surface area contributed by atoms with Crippen LogP contribution in [0.2, 0.25) is 0 Å². The van der Waals surface area contributed by atoms with Crippen LogP contribution in [0.5, 0.6) is 0 Å². The highest BCUT2D eigenvalue weighted by Gasteiger charge is 2.47. The molecule has 21 heavy (non-hydrogen) atoms. The molecule has 4 rings (SSSR count). The zero-order valence-corrected chi connectivity index (χ0v) is 14.0. The van der Waals surface area contributed by atoms with Crippen molar-refractivity contribution in [1.82, 2.24) is 4.90 Å². The van der Waals surface area contributed by atoms with Crippen molar-refractivity contribution in [3.05, 3.63) is 41.2 Å². The Kier molecular flexibility index (Phi) is 3.48. The summed E-state index contributed by atoms with van der Waals surface area (Å²) in [4.78, 5) is 5.26. The van der Waals surface area contributed by atoms with E-state index in [2.05, 4.69) is 54.8 Å². The van der Waals surface area contributed by atoms with Crippen molar-refractivity contribution < 1.29 is 0 Å². The molecule has 3 heterocycles. The summed E-state index contributed by atoms with van der Waals surface area (Å²) in [6.45, 7) is 10.8. The van der Waals surface area contributed by atoms with Gasteiger partial charge in [0.15, 0.2) is 0 Å². The molecule has 0 spiro atoms. The van der Waals surface area contributed by atoms with Crippen LogP contribution in [0.25, 0.3) is 0 Å². The Balaban J connectivity index is 0.00000132. The number of para-hydroxylation sites is 1. The molecule has 1 aromatic rings. The van der Waals surface area contributed by atoms with Crippen LogP contribution >= 0.6 is 12.4 Å². The molecule has 1 unspecified atom stereocenters. The molecule has 1 saturated heterocycles. The van der Waals surface area contributed by atoms with Crippen molar-refractivity contribution in [2.45, 2.75) is 39.5 Å². The Morgan fingerprint density at radius 1 is 1.10 bits per heavy atom. The maximum atomic E-state index is 2.66. The molecule has 3 aliphatic heterocycles. The summed E-state index contributed by atoms with van der Waals surface area (Å²) >= 11 is 0. The molecule has 3 aliphatic rings. The molecule has 0 aromatic heterocycles. The van der Waals surface area contributed by atoms with Crippen LogP contribution in [0.1, 0.15) is 45.1 Å². The third-order valence-corrected chi connectivity index (χ3v) is 5.25. The minimum Gasteiger partial charge on any atom is -0.373 e. The van der Waals surface area contributed by atoms with Gasteiger partial charge in [-0.05, 0) is 24.5 Å². The normalized spacial score (nSPS) is 26.0. The molecule has 0 amide bonds. The number of benzene rings is 1. The van der Waals surface area contributed by atoms with E-state index in [1.54, 1.807) is 11.4 Å². The summed E-state index contributed by atoms with van der Waals surface area (Å²) in [5.41, 5.74) is 6.44. The molecule has 2 nitrogen and oxygen atoms in total. The predicted octanol–water partition coefficient (Wildman–Crippen LogP) is 4.38. The summed E-state index contributed by atoms with van der Waals surface area (Å²) < 4.78 is 0. The summed E-state index contributed by atoms with van der Waals surface area (Å²) in [6.07, 6.45) is 2.71. The SMILES string of the molecule is CC1C2=C(N3CCCC3)C(C)(C)CN2c2ccccc21.Cl. The lowest BCUT2D eigenvalue weighted by Crippen LogP contribution is -2.30. The lowest BCUT2D eigenvalue weighted by atomic mass is 9.87. The van der Waals surface area contributed by atoms with Crippen LogP contribution in [0.15, 0.2) is 35.7 Å². The minimum atomic E-state index is 0. The Bertz CT molecular complexity index is 585. The largest absolute Gasteiger partial charge is 0.373 e. The number of rotatable bonds is 1. The minimum absolute atomic E-state index is 0. The summed E-state index contributed by atoms with van der Waals surface area (Å²) in [5.74, 6) is 0.545. The summed E-state index contributed by atoms with van der Waals surface area (Å²) in [5, 5.41) is 0. The van der Waals surface area contributed by atoms with Gasteiger partial charge in [-0.3, -0.25) is 0 Å². The number of fused-ring (bicyclic) bond motifs is 3. The fourth-order valence-electron chi connectivity index (χ4n) is 4.46. The van der Waals surface area contributed by atoms with E-state index in [0.717, 1.165) is 6.54 Å². The molecule has 3 heteroatoms. The number of halogens is 1. The van der Waals surface area contributed by atoms with Gasteiger partial charge in [0.25, 0.3) is 0 Å². The first-order valence-corrected chi connectivity index (χ1v) is 7.96. The van der Waals surface area contributed by atoms with Crippen molar-refractivity contribution >= 4 is 18.1 Å². The average molecular weight is 305 g/mol. The quantitative estimate of drug-likeness (QED) is 0.760. The monoisotopic (exact) mass is 304 g/mol. The standard InChI is InChI=1S/C18H24N2.ClH/c1-13-14-8-4-5-9-15(14)20-12-18(2,3)17(16(13)20)19-10-6-7-11-19;/h4-5,8-9,13H,6-7,10-12H2,1-3H3;1H. The second kappa shape index (κ2) is 4.95. The lowest BCUT2D eigenvalue weighted by Gasteiger charge is -2.31. The second-order valence-corrected chi connectivity index (χ2v) is 7.18. The highest BCUT2D eigenvalue weighted by Crippen LogP contribution is 2.54. The topological polar surface area (TPSA) is 6.48 Å². The van der Waals surface area contributed by atoms with Gasteiger partial charge in [-0.15, -0.1) is 12.4 Å². The fraction of sp³-hybridized carbons (Fsp3) is 0.556. The Morgan fingerprint density at radius 2 is 1.76 bits per heavy atom. The molecule has 0 radical (unpaired) electrons. The van der Waals surface area contributed by atoms with Crippen LogP contribution in [-0.4, -0.2) is 24.5 Å². The van der Waals surface area contributed by atoms with Gasteiger partial charge in [-0.2, -0.15) is 0 Å². The van der Waals surface area contributed by atoms with Crippen LogP contribution in [0.3, 0.4) is 0 Å². The van der Waals surface area contributed by atoms with E-state index < -0.39 is 0 Å². The van der Waals surface area contributed by atoms with Gasteiger partial charge in [0.05, 0.1) is 0 Å². The highest BCUT2D eigenvalue weighted by molar-refractivity contribution is 5.85. The molecule has 1 aromatic carbocycles. The Morgan fingerprint density at radius 3 is 2.48 bits per heavy atom. The Labute approximate surface area is 134 Å². The number of likely N-dealkylation sites (tertiary alicyclic amines) is 1. The predicted molar refractivity (Wildman–Crippen MR) is 91.1 cm³/mol. The zero-order chi connectivity index (χ0) is 13.9. The van der Waals surface area contributed by atoms with Gasteiger partial charge >= 0.3 is 0 Å². The van der Waals surface area contributed by atoms with E-state index in [1.165, 1.54) is 37.2 Å². The number of hydrogen-bond acceptors (Lipinski definition) is 2. The zero-order valence-electron chi connectivity index (χ0n) is 13.2. The molecule has 114 valence electrons. The number of anilines is 1. The van der Waals surface area contributed by atoms with Crippen molar-refractivity contribution in [2.24, 2.45) is 5.41 Å². The van der Waals surface area contributed by atoms with Crippen LogP contribution in [0, 0.1) is 5.41 Å². The van der Waals surface area contributed by atoms with E-state index in [-0.39, 0.29) is 17.8 Å². The van der Waals surface area contributed by atoms with E-state index >= 15 is 0 Å². The summed E-state index contributed by atoms with van der Waals surface area (Å²) in [7, 11) is 0. The Hall–Kier alpha value is -1.15. The molecule has 1 atom stereocenters. The van der Waals surface area contributed by atoms with E-state index in [4.69, 9.17) is 0 Å². The second-order valence-electron chi connectivity index (χ2n) is 7.18. The molecular formula is C18H25ClN2. The van der Waals surface area contributed by atoms with Crippen LogP contribution in [-0.2, 0) is 0 Å². The maximum absolute atomic E-state index is 2.66. The van der Waals surface area contributed by atoms with Crippen molar-refractivity contribution in [2.75, 3.05) is 24.5 Å². The molecule has 0 bridgehead atoms. The van der Waals surface area contributed by atoms with Gasteiger partial charge in [0.1, 0.15) is 0 Å². The third kappa shape index (κ3) is 1.99. The van der Waals surface area contributed by atoms with E-state index in [9.17, 15) is 0 Å². The van der Waals surface area contributed by atoms with Gasteiger partial charge in [0.2, 0.25) is 0 Å². The van der Waals surface area contributed by atoms with E-state index in [0.29, 0.717) is 5.92 Å².